The number of hydrogen-bond acceptors (Lipinski definition) is 3. The number of amides is 1. The van der Waals surface area contributed by atoms with Crippen molar-refractivity contribution in [3.05, 3.63) is 0 Å². The smallest absolute Gasteiger partial charge is 0.251 e. The first-order chi connectivity index (χ1) is 7.25. The zero-order valence-corrected chi connectivity index (χ0v) is 12.0. The highest BCUT2D eigenvalue weighted by molar-refractivity contribution is 5.83. The average Bonchev–Trinajstić information content (AvgIpc) is 2.28. The van der Waals surface area contributed by atoms with Crippen molar-refractivity contribution in [1.29, 1.82) is 0 Å². The van der Waals surface area contributed by atoms with Crippen LogP contribution in [0.4, 0.5) is 0 Å². The predicted octanol–water partition coefficient (Wildman–Crippen LogP) is 1.55. The molecule has 0 saturated heterocycles. The monoisotopic (exact) mass is 232 g/mol. The van der Waals surface area contributed by atoms with E-state index in [0.29, 0.717) is 6.61 Å². The van der Waals surface area contributed by atoms with Crippen molar-refractivity contribution in [2.24, 2.45) is 0 Å². The van der Waals surface area contributed by atoms with Crippen LogP contribution in [0.5, 0.6) is 0 Å². The van der Waals surface area contributed by atoms with Gasteiger partial charge in [0.25, 0.3) is 5.91 Å². The third-order valence-electron chi connectivity index (χ3n) is 2.24. The molecule has 98 valence electrons. The number of ether oxygens (including phenoxy) is 1. The Kier molecular flexibility index (Phi) is 8.47. The molecule has 0 radical (unpaired) electrons. The van der Waals surface area contributed by atoms with Gasteiger partial charge in [0, 0.05) is 12.6 Å². The van der Waals surface area contributed by atoms with Crippen LogP contribution in [0.2, 0.25) is 0 Å². The molecule has 0 saturated carbocycles. The Morgan fingerprint density at radius 1 is 1.12 bits per heavy atom. The van der Waals surface area contributed by atoms with Crippen molar-refractivity contribution in [2.45, 2.75) is 52.7 Å². The van der Waals surface area contributed by atoms with E-state index in [0.717, 1.165) is 0 Å². The Balaban J connectivity index is 0. The number of carbonyl (C=O) groups is 1. The molecule has 2 N–H and O–H groups in total. The van der Waals surface area contributed by atoms with Crippen LogP contribution in [0.1, 0.15) is 41.5 Å². The van der Waals surface area contributed by atoms with E-state index in [4.69, 9.17) is 4.74 Å². The van der Waals surface area contributed by atoms with Gasteiger partial charge in [0.2, 0.25) is 0 Å². The highest BCUT2D eigenvalue weighted by atomic mass is 16.5. The summed E-state index contributed by atoms with van der Waals surface area (Å²) in [5, 5.41) is 5.69. The van der Waals surface area contributed by atoms with Gasteiger partial charge >= 0.3 is 0 Å². The highest BCUT2D eigenvalue weighted by Gasteiger charge is 2.29. The molecule has 0 fully saturated rings. The van der Waals surface area contributed by atoms with Gasteiger partial charge in [-0.15, -0.1) is 0 Å². The van der Waals surface area contributed by atoms with Crippen molar-refractivity contribution in [3.8, 4) is 0 Å². The minimum atomic E-state index is -0.775. The van der Waals surface area contributed by atoms with E-state index in [2.05, 4.69) is 10.6 Å². The third-order valence-corrected chi connectivity index (χ3v) is 2.24. The van der Waals surface area contributed by atoms with Gasteiger partial charge in [-0.1, -0.05) is 13.8 Å². The molecular formula is C12H28N2O2. The number of carbonyl (C=O) groups excluding carboxylic acids is 1. The van der Waals surface area contributed by atoms with Crippen molar-refractivity contribution < 1.29 is 9.53 Å². The van der Waals surface area contributed by atoms with Gasteiger partial charge in [0.1, 0.15) is 5.60 Å². The van der Waals surface area contributed by atoms with Gasteiger partial charge in [-0.3, -0.25) is 4.79 Å². The van der Waals surface area contributed by atoms with Crippen LogP contribution >= 0.6 is 0 Å². The van der Waals surface area contributed by atoms with E-state index in [1.165, 1.54) is 0 Å². The zero-order chi connectivity index (χ0) is 13.4. The first kappa shape index (κ1) is 17.8. The fourth-order valence-corrected chi connectivity index (χ4v) is 0.800. The van der Waals surface area contributed by atoms with Gasteiger partial charge in [-0.2, -0.15) is 0 Å². The molecule has 0 heterocycles. The van der Waals surface area contributed by atoms with E-state index in [1.54, 1.807) is 20.9 Å². The standard InChI is InChI=1S/C10H22N2O2.C2H6/c1-9(2,12-6)7-14-10(3,4)8(13)11-5;1-2/h12H,7H2,1-6H3,(H,11,13);1-2H3. The fraction of sp³-hybridized carbons (Fsp3) is 0.917. The Bertz CT molecular complexity index is 201. The lowest BCUT2D eigenvalue weighted by atomic mass is 10.1. The van der Waals surface area contributed by atoms with Crippen LogP contribution in [0.3, 0.4) is 0 Å². The molecule has 0 aromatic rings. The number of likely N-dealkylation sites (N-methyl/N-ethyl adjacent to an activating group) is 2. The van der Waals surface area contributed by atoms with Crippen LogP contribution in [0, 0.1) is 0 Å². The van der Waals surface area contributed by atoms with E-state index in [1.807, 2.05) is 34.7 Å². The van der Waals surface area contributed by atoms with E-state index in [-0.39, 0.29) is 11.4 Å². The Morgan fingerprint density at radius 2 is 1.56 bits per heavy atom. The first-order valence-electron chi connectivity index (χ1n) is 5.80. The molecule has 0 aliphatic carbocycles. The average molecular weight is 232 g/mol. The van der Waals surface area contributed by atoms with Crippen LogP contribution in [-0.2, 0) is 9.53 Å². The normalized spacial score (nSPS) is 11.5. The molecule has 0 aromatic carbocycles. The lowest BCUT2D eigenvalue weighted by molar-refractivity contribution is -0.144. The van der Waals surface area contributed by atoms with Crippen molar-refractivity contribution >= 4 is 5.91 Å². The summed E-state index contributed by atoms with van der Waals surface area (Å²) in [6.07, 6.45) is 0. The van der Waals surface area contributed by atoms with Crippen molar-refractivity contribution in [3.63, 3.8) is 0 Å². The fourth-order valence-electron chi connectivity index (χ4n) is 0.800. The summed E-state index contributed by atoms with van der Waals surface area (Å²) in [7, 11) is 3.48. The van der Waals surface area contributed by atoms with Crippen LogP contribution in [-0.4, -0.2) is 37.7 Å². The molecule has 0 spiro atoms. The summed E-state index contributed by atoms with van der Waals surface area (Å²) in [6, 6.07) is 0. The maximum Gasteiger partial charge on any atom is 0.251 e. The van der Waals surface area contributed by atoms with Gasteiger partial charge < -0.3 is 15.4 Å². The molecule has 0 atom stereocenters. The quantitative estimate of drug-likeness (QED) is 0.756. The topological polar surface area (TPSA) is 50.4 Å². The third kappa shape index (κ3) is 6.80. The molecule has 4 heteroatoms. The molecule has 16 heavy (non-hydrogen) atoms. The maximum atomic E-state index is 11.4. The van der Waals surface area contributed by atoms with Gasteiger partial charge in [-0.25, -0.2) is 0 Å². The van der Waals surface area contributed by atoms with E-state index < -0.39 is 5.60 Å². The van der Waals surface area contributed by atoms with E-state index >= 15 is 0 Å². The highest BCUT2D eigenvalue weighted by Crippen LogP contribution is 2.12. The van der Waals surface area contributed by atoms with Crippen LogP contribution in [0.15, 0.2) is 0 Å². The lowest BCUT2D eigenvalue weighted by Gasteiger charge is -2.30. The summed E-state index contributed by atoms with van der Waals surface area (Å²) < 4.78 is 5.56. The minimum absolute atomic E-state index is 0.107. The summed E-state index contributed by atoms with van der Waals surface area (Å²) in [4.78, 5) is 11.4. The second-order valence-electron chi connectivity index (χ2n) is 4.51. The number of hydrogen-bond donors (Lipinski definition) is 2. The summed E-state index contributed by atoms with van der Waals surface area (Å²) in [5.74, 6) is -0.107. The second-order valence-corrected chi connectivity index (χ2v) is 4.51. The summed E-state index contributed by atoms with van der Waals surface area (Å²) >= 11 is 0. The summed E-state index contributed by atoms with van der Waals surface area (Å²) in [5.41, 5.74) is -0.895. The maximum absolute atomic E-state index is 11.4. The van der Waals surface area contributed by atoms with Gasteiger partial charge in [-0.05, 0) is 34.7 Å². The number of nitrogens with one attached hydrogen (secondary N) is 2. The molecule has 0 bridgehead atoms. The molecule has 0 aromatic heterocycles. The van der Waals surface area contributed by atoms with Gasteiger partial charge in [0.15, 0.2) is 0 Å². The molecule has 4 nitrogen and oxygen atoms in total. The molecule has 0 unspecified atom stereocenters. The largest absolute Gasteiger partial charge is 0.364 e. The molecule has 1 amide bonds. The molecule has 0 aliphatic heterocycles. The zero-order valence-electron chi connectivity index (χ0n) is 12.0. The predicted molar refractivity (Wildman–Crippen MR) is 68.6 cm³/mol. The molecule has 0 aliphatic rings. The molecular weight excluding hydrogens is 204 g/mol. The summed E-state index contributed by atoms with van der Waals surface area (Å²) in [6.45, 7) is 12.1. The Labute approximate surface area is 100 Å². The molecule has 0 rings (SSSR count). The Hall–Kier alpha value is -0.610. The first-order valence-corrected chi connectivity index (χ1v) is 5.80. The van der Waals surface area contributed by atoms with Crippen molar-refractivity contribution in [2.75, 3.05) is 20.7 Å². The second kappa shape index (κ2) is 7.63. The Morgan fingerprint density at radius 3 is 1.88 bits per heavy atom. The number of rotatable bonds is 5. The van der Waals surface area contributed by atoms with Crippen molar-refractivity contribution in [1.82, 2.24) is 10.6 Å². The van der Waals surface area contributed by atoms with Gasteiger partial charge in [0.05, 0.1) is 6.61 Å². The SMILES string of the molecule is CC.CNC(=O)C(C)(C)OCC(C)(C)NC. The van der Waals surface area contributed by atoms with Crippen LogP contribution < -0.4 is 10.6 Å². The minimum Gasteiger partial charge on any atom is -0.364 e. The lowest BCUT2D eigenvalue weighted by Crippen LogP contribution is -2.48. The van der Waals surface area contributed by atoms with Crippen LogP contribution in [0.25, 0.3) is 0 Å². The van der Waals surface area contributed by atoms with E-state index in [9.17, 15) is 4.79 Å².